The topological polar surface area (TPSA) is 45.7 Å². The highest BCUT2D eigenvalue weighted by atomic mass is 79.9. The summed E-state index contributed by atoms with van der Waals surface area (Å²) in [7, 11) is 0. The first kappa shape index (κ1) is 24.6. The molecule has 5 nitrogen and oxygen atoms in total. The van der Waals surface area contributed by atoms with Crippen LogP contribution in [0.1, 0.15) is 35.4 Å². The minimum atomic E-state index is -5.02. The zero-order chi connectivity index (χ0) is 25.0. The molecule has 1 aromatic heterocycles. The number of cyclic esters (lactones) is 1. The average Bonchev–Trinajstić information content (AvgIpc) is 3.00. The fraction of sp³-hybridized carbons (Fsp3) is 0.429. The fourth-order valence-corrected chi connectivity index (χ4v) is 4.18. The van der Waals surface area contributed by atoms with Crippen molar-refractivity contribution in [2.75, 3.05) is 18.0 Å². The number of nitrogens with zero attached hydrogens (tertiary/aromatic N) is 3. The van der Waals surface area contributed by atoms with Gasteiger partial charge in [-0.1, -0.05) is 0 Å². The number of anilines is 1. The van der Waals surface area contributed by atoms with E-state index in [1.807, 2.05) is 0 Å². The molecule has 0 radical (unpaired) electrons. The molecular formula is C21H17BrF7N3O2. The van der Waals surface area contributed by atoms with E-state index in [9.17, 15) is 35.5 Å². The lowest BCUT2D eigenvalue weighted by Crippen LogP contribution is -2.49. The van der Waals surface area contributed by atoms with Gasteiger partial charge < -0.3 is 9.64 Å². The highest BCUT2D eigenvalue weighted by molar-refractivity contribution is 9.10. The molecule has 2 atom stereocenters. The maximum Gasteiger partial charge on any atom is 0.416 e. The van der Waals surface area contributed by atoms with E-state index in [0.717, 1.165) is 0 Å². The van der Waals surface area contributed by atoms with Crippen molar-refractivity contribution in [1.29, 1.82) is 0 Å². The number of hydrogen-bond acceptors (Lipinski definition) is 4. The molecule has 1 amide bonds. The number of ether oxygens (including phenoxy) is 1. The zero-order valence-corrected chi connectivity index (χ0v) is 19.0. The van der Waals surface area contributed by atoms with Crippen molar-refractivity contribution < 1.29 is 40.3 Å². The highest BCUT2D eigenvalue weighted by Crippen LogP contribution is 2.41. The minimum absolute atomic E-state index is 0.0208. The number of rotatable bonds is 4. The fourth-order valence-electron chi connectivity index (χ4n) is 3.84. The summed E-state index contributed by atoms with van der Waals surface area (Å²) in [6.07, 6.45) is -13.3. The van der Waals surface area contributed by atoms with Gasteiger partial charge in [-0.25, -0.2) is 14.2 Å². The van der Waals surface area contributed by atoms with Gasteiger partial charge in [-0.15, -0.1) is 0 Å². The molecule has 4 rings (SSSR count). The van der Waals surface area contributed by atoms with E-state index in [1.54, 1.807) is 17.0 Å². The quantitative estimate of drug-likeness (QED) is 0.426. The monoisotopic (exact) mass is 555 g/mol. The number of carbonyl (C=O) groups excluding carboxylic acids is 1. The Morgan fingerprint density at radius 1 is 1.06 bits per heavy atom. The van der Waals surface area contributed by atoms with Gasteiger partial charge in [0.25, 0.3) is 0 Å². The molecule has 2 unspecified atom stereocenters. The van der Waals surface area contributed by atoms with Gasteiger partial charge in [-0.2, -0.15) is 26.3 Å². The molecule has 13 heteroatoms. The Morgan fingerprint density at radius 3 is 2.18 bits per heavy atom. The number of halogens is 8. The van der Waals surface area contributed by atoms with E-state index >= 15 is 0 Å². The molecule has 2 aliphatic heterocycles. The van der Waals surface area contributed by atoms with Crippen LogP contribution in [0, 0.1) is 0 Å². The van der Waals surface area contributed by atoms with Crippen LogP contribution >= 0.6 is 15.9 Å². The lowest BCUT2D eigenvalue weighted by atomic mass is 9.97. The number of hydrogen-bond donors (Lipinski definition) is 0. The lowest BCUT2D eigenvalue weighted by molar-refractivity contribution is -0.143. The van der Waals surface area contributed by atoms with Crippen molar-refractivity contribution in [2.45, 2.75) is 44.1 Å². The van der Waals surface area contributed by atoms with Gasteiger partial charge in [0.05, 0.1) is 42.5 Å². The number of alkyl halides is 7. The van der Waals surface area contributed by atoms with Crippen LogP contribution < -0.4 is 4.90 Å². The van der Waals surface area contributed by atoms with Crippen LogP contribution in [0.4, 0.5) is 41.3 Å². The van der Waals surface area contributed by atoms with E-state index in [4.69, 9.17) is 4.74 Å². The van der Waals surface area contributed by atoms with Gasteiger partial charge in [0, 0.05) is 4.47 Å². The Balaban J connectivity index is 1.61. The second-order valence-corrected chi connectivity index (χ2v) is 8.97. The third-order valence-corrected chi connectivity index (χ3v) is 6.44. The molecule has 184 valence electrons. The van der Waals surface area contributed by atoms with Gasteiger partial charge in [-0.05, 0) is 58.7 Å². The Labute approximate surface area is 197 Å². The van der Waals surface area contributed by atoms with Crippen molar-refractivity contribution in [3.63, 3.8) is 0 Å². The number of aromatic nitrogens is 1. The summed E-state index contributed by atoms with van der Waals surface area (Å²) in [5, 5.41) is 0. The van der Waals surface area contributed by atoms with Gasteiger partial charge in [0.2, 0.25) is 0 Å². The molecule has 0 bridgehead atoms. The molecule has 1 aromatic carbocycles. The van der Waals surface area contributed by atoms with Crippen LogP contribution in [0.2, 0.25) is 0 Å². The number of benzene rings is 1. The van der Waals surface area contributed by atoms with Crippen LogP contribution in [0.5, 0.6) is 0 Å². The van der Waals surface area contributed by atoms with Gasteiger partial charge >= 0.3 is 18.4 Å². The van der Waals surface area contributed by atoms with Crippen molar-refractivity contribution >= 4 is 27.8 Å². The smallest absolute Gasteiger partial charge is 0.416 e. The van der Waals surface area contributed by atoms with Crippen LogP contribution in [0.15, 0.2) is 34.8 Å². The zero-order valence-electron chi connectivity index (χ0n) is 17.4. The first-order chi connectivity index (χ1) is 15.7. The van der Waals surface area contributed by atoms with E-state index in [0.29, 0.717) is 28.1 Å². The third-order valence-electron chi connectivity index (χ3n) is 5.72. The van der Waals surface area contributed by atoms with Crippen molar-refractivity contribution in [3.05, 3.63) is 57.2 Å². The van der Waals surface area contributed by atoms with E-state index < -0.39 is 53.5 Å². The summed E-state index contributed by atoms with van der Waals surface area (Å²) in [6.45, 7) is 1.69. The molecular weight excluding hydrogens is 539 g/mol. The Kier molecular flexibility index (Phi) is 6.19. The average molecular weight is 556 g/mol. The first-order valence-corrected chi connectivity index (χ1v) is 10.8. The summed E-state index contributed by atoms with van der Waals surface area (Å²) < 4.78 is 98.3. The van der Waals surface area contributed by atoms with E-state index in [1.165, 1.54) is 11.8 Å². The van der Waals surface area contributed by atoms with Gasteiger partial charge in [-0.3, -0.25) is 4.90 Å². The molecule has 34 heavy (non-hydrogen) atoms. The number of pyridine rings is 1. The predicted octanol–water partition coefficient (Wildman–Crippen LogP) is 6.12. The number of amides is 1. The first-order valence-electron chi connectivity index (χ1n) is 10.0. The maximum absolute atomic E-state index is 13.2. The van der Waals surface area contributed by atoms with Gasteiger partial charge in [0.1, 0.15) is 18.1 Å². The molecule has 2 aliphatic rings. The molecule has 2 saturated heterocycles. The third kappa shape index (κ3) is 4.80. The summed E-state index contributed by atoms with van der Waals surface area (Å²) in [4.78, 5) is 19.8. The van der Waals surface area contributed by atoms with Crippen LogP contribution in [0.3, 0.4) is 0 Å². The molecule has 2 aromatic rings. The summed E-state index contributed by atoms with van der Waals surface area (Å²) >= 11 is 3.32. The van der Waals surface area contributed by atoms with Crippen molar-refractivity contribution in [1.82, 2.24) is 9.88 Å². The van der Waals surface area contributed by atoms with Crippen LogP contribution in [0.25, 0.3) is 0 Å². The molecule has 0 aliphatic carbocycles. The Bertz CT molecular complexity index is 1070. The second-order valence-electron chi connectivity index (χ2n) is 8.11. The van der Waals surface area contributed by atoms with Crippen molar-refractivity contribution in [3.8, 4) is 0 Å². The molecule has 0 N–H and O–H groups in total. The lowest BCUT2D eigenvalue weighted by Gasteiger charge is -2.35. The molecule has 0 saturated carbocycles. The number of carbonyl (C=O) groups is 1. The maximum atomic E-state index is 13.2. The molecule has 2 fully saturated rings. The second kappa shape index (κ2) is 8.58. The SMILES string of the molecule is CC1C(c2cc(C(F)(F)F)cc(C(F)(F)F)c2)OC(=O)N1Cc1nc(N2CC(F)C2)ccc1Br. The van der Waals surface area contributed by atoms with Crippen LogP contribution in [-0.2, 0) is 23.6 Å². The highest BCUT2D eigenvalue weighted by Gasteiger charge is 2.43. The van der Waals surface area contributed by atoms with Crippen molar-refractivity contribution in [2.24, 2.45) is 0 Å². The van der Waals surface area contributed by atoms with E-state index in [2.05, 4.69) is 20.9 Å². The normalized spacial score (nSPS) is 21.6. The largest absolute Gasteiger partial charge is 0.439 e. The molecule has 3 heterocycles. The minimum Gasteiger partial charge on any atom is -0.439 e. The Hall–Kier alpha value is -2.57. The van der Waals surface area contributed by atoms with E-state index in [-0.39, 0.29) is 25.7 Å². The predicted molar refractivity (Wildman–Crippen MR) is 110 cm³/mol. The Morgan fingerprint density at radius 2 is 1.65 bits per heavy atom. The standard InChI is InChI=1S/C21H17BrF7N3O2/c1-10-18(11-4-12(20(24,25)26)6-13(5-11)21(27,28)29)34-19(33)32(10)9-16-15(22)2-3-17(30-16)31-7-14(23)8-31/h2-6,10,14,18H,7-9H2,1H3. The van der Waals surface area contributed by atoms with Gasteiger partial charge in [0.15, 0.2) is 0 Å². The summed E-state index contributed by atoms with van der Waals surface area (Å²) in [5.41, 5.74) is -3.01. The molecule has 0 spiro atoms. The summed E-state index contributed by atoms with van der Waals surface area (Å²) in [5.74, 6) is 0.483. The van der Waals surface area contributed by atoms with Crippen LogP contribution in [-0.4, -0.2) is 41.3 Å². The summed E-state index contributed by atoms with van der Waals surface area (Å²) in [6, 6.07) is 3.56.